The smallest absolute Gasteiger partial charge is 0.338 e. The summed E-state index contributed by atoms with van der Waals surface area (Å²) in [6, 6.07) is 2.54. The van der Waals surface area contributed by atoms with Crippen molar-refractivity contribution >= 4 is 34.9 Å². The second-order valence-electron chi connectivity index (χ2n) is 9.42. The molecule has 0 aliphatic heterocycles. The lowest BCUT2D eigenvalue weighted by atomic mass is 9.53. The van der Waals surface area contributed by atoms with E-state index in [1.807, 2.05) is 6.92 Å². The summed E-state index contributed by atoms with van der Waals surface area (Å²) in [5, 5.41) is 21.6. The van der Waals surface area contributed by atoms with E-state index in [0.717, 1.165) is 13.3 Å². The summed E-state index contributed by atoms with van der Waals surface area (Å²) in [6.45, 7) is 3.18. The molecule has 34 heavy (non-hydrogen) atoms. The van der Waals surface area contributed by atoms with Gasteiger partial charge in [0.05, 0.1) is 23.7 Å². The van der Waals surface area contributed by atoms with E-state index in [1.165, 1.54) is 12.1 Å². The molecule has 4 rings (SSSR count). The number of aliphatic hydroxyl groups is 1. The number of carbonyl (C=O) groups is 6. The van der Waals surface area contributed by atoms with Gasteiger partial charge in [0.15, 0.2) is 28.7 Å². The predicted molar refractivity (Wildman–Crippen MR) is 115 cm³/mol. The Balaban J connectivity index is 1.75. The normalized spacial score (nSPS) is 30.3. The first-order chi connectivity index (χ1) is 16.0. The van der Waals surface area contributed by atoms with Crippen LogP contribution in [0, 0.1) is 23.7 Å². The Labute approximate surface area is 195 Å². The quantitative estimate of drug-likeness (QED) is 0.369. The fourth-order valence-corrected chi connectivity index (χ4v) is 5.67. The Kier molecular flexibility index (Phi) is 6.01. The Hall–Kier alpha value is -3.20. The lowest BCUT2D eigenvalue weighted by Crippen LogP contribution is -2.67. The summed E-state index contributed by atoms with van der Waals surface area (Å²) in [5.41, 5.74) is -2.47. The van der Waals surface area contributed by atoms with Crippen LogP contribution < -0.4 is 0 Å². The monoisotopic (exact) mass is 470 g/mol. The van der Waals surface area contributed by atoms with Gasteiger partial charge in [-0.15, -0.1) is 0 Å². The summed E-state index contributed by atoms with van der Waals surface area (Å²) < 4.78 is 5.27. The van der Waals surface area contributed by atoms with Gasteiger partial charge in [-0.1, -0.05) is 13.3 Å². The molecule has 1 aromatic rings. The molecule has 2 fully saturated rings. The minimum absolute atomic E-state index is 0.000169. The molecule has 9 heteroatoms. The summed E-state index contributed by atoms with van der Waals surface area (Å²) in [6.07, 6.45) is 1.19. The van der Waals surface area contributed by atoms with Crippen LogP contribution in [0.25, 0.3) is 0 Å². The van der Waals surface area contributed by atoms with Crippen LogP contribution in [0.5, 0.6) is 5.75 Å². The fraction of sp³-hybridized carbons (Fsp3) is 0.520. The molecular weight excluding hydrogens is 444 g/mol. The zero-order valence-electron chi connectivity index (χ0n) is 19.0. The molecule has 1 aromatic carbocycles. The number of esters is 1. The van der Waals surface area contributed by atoms with Crippen molar-refractivity contribution in [3.05, 3.63) is 28.8 Å². The molecule has 5 atom stereocenters. The average Bonchev–Trinajstić information content (AvgIpc) is 2.76. The number of hydrogen-bond acceptors (Lipinski definition) is 9. The average molecular weight is 470 g/mol. The number of Topliss-reactive ketones (excluding diaryl/α,β-unsaturated/α-hetero) is 5. The van der Waals surface area contributed by atoms with Crippen molar-refractivity contribution in [2.75, 3.05) is 6.61 Å². The van der Waals surface area contributed by atoms with Crippen molar-refractivity contribution in [3.63, 3.8) is 0 Å². The van der Waals surface area contributed by atoms with Crippen molar-refractivity contribution in [2.24, 2.45) is 23.7 Å². The number of ketones is 5. The number of hydrogen-bond donors (Lipinski definition) is 2. The number of ether oxygens (including phenoxy) is 1. The van der Waals surface area contributed by atoms with Crippen molar-refractivity contribution in [1.29, 1.82) is 0 Å². The fourth-order valence-electron chi connectivity index (χ4n) is 5.67. The van der Waals surface area contributed by atoms with Gasteiger partial charge in [0.2, 0.25) is 0 Å². The molecule has 0 amide bonds. The highest BCUT2D eigenvalue weighted by Gasteiger charge is 2.65. The van der Waals surface area contributed by atoms with Gasteiger partial charge in [0.1, 0.15) is 17.5 Å². The minimum atomic E-state index is -2.62. The van der Waals surface area contributed by atoms with Gasteiger partial charge in [-0.2, -0.15) is 0 Å². The van der Waals surface area contributed by atoms with Gasteiger partial charge in [-0.25, -0.2) is 4.79 Å². The number of unbranched alkanes of at least 4 members (excludes halogenated alkanes) is 1. The number of aromatic hydroxyl groups is 1. The van der Waals surface area contributed by atoms with E-state index < -0.39 is 69.9 Å². The Morgan fingerprint density at radius 1 is 1.12 bits per heavy atom. The number of benzene rings is 1. The van der Waals surface area contributed by atoms with Gasteiger partial charge < -0.3 is 14.9 Å². The van der Waals surface area contributed by atoms with Gasteiger partial charge >= 0.3 is 5.97 Å². The van der Waals surface area contributed by atoms with Crippen LogP contribution in [0.15, 0.2) is 12.1 Å². The van der Waals surface area contributed by atoms with Crippen LogP contribution in [0.4, 0.5) is 0 Å². The van der Waals surface area contributed by atoms with E-state index in [1.54, 1.807) is 0 Å². The number of phenolic OH excluding ortho intramolecular Hbond substituents is 1. The van der Waals surface area contributed by atoms with Gasteiger partial charge in [-0.05, 0) is 49.8 Å². The highest BCUT2D eigenvalue weighted by molar-refractivity contribution is 6.31. The zero-order valence-corrected chi connectivity index (χ0v) is 19.0. The van der Waals surface area contributed by atoms with E-state index in [4.69, 9.17) is 4.74 Å². The molecule has 3 aliphatic rings. The third-order valence-corrected chi connectivity index (χ3v) is 7.36. The van der Waals surface area contributed by atoms with Crippen molar-refractivity contribution in [2.45, 2.75) is 51.6 Å². The van der Waals surface area contributed by atoms with Crippen molar-refractivity contribution in [3.8, 4) is 5.75 Å². The van der Waals surface area contributed by atoms with Gasteiger partial charge in [-0.3, -0.25) is 24.0 Å². The lowest BCUT2D eigenvalue weighted by Gasteiger charge is -2.48. The van der Waals surface area contributed by atoms with Crippen molar-refractivity contribution < 1.29 is 43.7 Å². The highest BCUT2D eigenvalue weighted by Crippen LogP contribution is 2.50. The highest BCUT2D eigenvalue weighted by atomic mass is 16.5. The number of carbonyl (C=O) groups excluding carboxylic acids is 6. The molecule has 3 aliphatic carbocycles. The van der Waals surface area contributed by atoms with Crippen LogP contribution in [-0.4, -0.2) is 57.3 Å². The standard InChI is InChI=1S/C25H26O9/c1-3-4-7-34-24(32)14-5-6-16(27)20-15(14)9-12-8-13-10-17(28)18(11(2)26)22(30)25(13,33)23(31)19(12)21(20)29/h5-6,12-13,18-19,27,33H,3-4,7-10H2,1-2H3. The SMILES string of the molecule is CCCCOC(=O)c1ccc(O)c2c1CC1CC3CC(=O)C(C(C)=O)C(=O)C3(O)C(=O)C1C2=O. The van der Waals surface area contributed by atoms with Crippen LogP contribution in [0.1, 0.15) is 65.8 Å². The van der Waals surface area contributed by atoms with Crippen LogP contribution in [0.3, 0.4) is 0 Å². The summed E-state index contributed by atoms with van der Waals surface area (Å²) >= 11 is 0. The largest absolute Gasteiger partial charge is 0.507 e. The maximum Gasteiger partial charge on any atom is 0.338 e. The molecule has 0 spiro atoms. The second kappa shape index (κ2) is 8.54. The van der Waals surface area contributed by atoms with E-state index in [9.17, 15) is 39.0 Å². The number of fused-ring (bicyclic) bond motifs is 3. The third-order valence-electron chi connectivity index (χ3n) is 7.36. The summed E-state index contributed by atoms with van der Waals surface area (Å²) in [4.78, 5) is 76.8. The van der Waals surface area contributed by atoms with Crippen molar-refractivity contribution in [1.82, 2.24) is 0 Å². The number of phenols is 1. The molecule has 2 saturated carbocycles. The first kappa shape index (κ1) is 23.9. The molecule has 2 N–H and O–H groups in total. The van der Waals surface area contributed by atoms with Gasteiger partial charge in [0, 0.05) is 12.3 Å². The Morgan fingerprint density at radius 3 is 2.47 bits per heavy atom. The van der Waals surface area contributed by atoms with E-state index in [2.05, 4.69) is 0 Å². The molecule has 0 aromatic heterocycles. The first-order valence-electron chi connectivity index (χ1n) is 11.4. The zero-order chi connectivity index (χ0) is 24.9. The minimum Gasteiger partial charge on any atom is -0.507 e. The molecule has 9 nitrogen and oxygen atoms in total. The molecule has 0 bridgehead atoms. The lowest BCUT2D eigenvalue weighted by molar-refractivity contribution is -0.175. The summed E-state index contributed by atoms with van der Waals surface area (Å²) in [5.74, 6) is -10.4. The molecule has 180 valence electrons. The van der Waals surface area contributed by atoms with E-state index in [-0.39, 0.29) is 42.6 Å². The Morgan fingerprint density at radius 2 is 1.82 bits per heavy atom. The first-order valence-corrected chi connectivity index (χ1v) is 11.4. The van der Waals surface area contributed by atoms with Crippen LogP contribution in [0.2, 0.25) is 0 Å². The maximum absolute atomic E-state index is 13.4. The Bertz CT molecular complexity index is 1130. The number of rotatable bonds is 5. The molecule has 0 heterocycles. The molecule has 0 radical (unpaired) electrons. The van der Waals surface area contributed by atoms with Crippen LogP contribution in [-0.2, 0) is 30.3 Å². The van der Waals surface area contributed by atoms with Crippen LogP contribution >= 0.6 is 0 Å². The molecule has 5 unspecified atom stereocenters. The van der Waals surface area contributed by atoms with Gasteiger partial charge in [0.25, 0.3) is 0 Å². The maximum atomic E-state index is 13.4. The predicted octanol–water partition coefficient (Wildman–Crippen LogP) is 1.39. The summed E-state index contributed by atoms with van der Waals surface area (Å²) in [7, 11) is 0. The molecular formula is C25H26O9. The van der Waals surface area contributed by atoms with E-state index >= 15 is 0 Å². The van der Waals surface area contributed by atoms with E-state index in [0.29, 0.717) is 6.42 Å². The third kappa shape index (κ3) is 3.41. The second-order valence-corrected chi connectivity index (χ2v) is 9.42. The molecule has 0 saturated heterocycles. The topological polar surface area (TPSA) is 152 Å².